The van der Waals surface area contributed by atoms with E-state index in [9.17, 15) is 10.2 Å². The Labute approximate surface area is 178 Å². The number of hydrogen-bond donors (Lipinski definition) is 2. The van der Waals surface area contributed by atoms with Crippen molar-refractivity contribution in [2.45, 2.75) is 91.3 Å². The van der Waals surface area contributed by atoms with Crippen LogP contribution in [-0.4, -0.2) is 22.4 Å². The van der Waals surface area contributed by atoms with Gasteiger partial charge in [-0.1, -0.05) is 64.2 Å². The molecule has 6 atom stereocenters. The second kappa shape index (κ2) is 9.35. The number of rotatable bonds is 5. The zero-order valence-electron chi connectivity index (χ0n) is 19.0. The Bertz CT molecular complexity index is 683. The van der Waals surface area contributed by atoms with Crippen LogP contribution in [0.3, 0.4) is 0 Å². The smallest absolute Gasteiger partial charge is 0.0811 e. The van der Waals surface area contributed by atoms with E-state index in [2.05, 4.69) is 58.6 Å². The molecule has 3 saturated carbocycles. The molecular formula is C27H42O2. The minimum absolute atomic E-state index is 0.396. The second-order valence-electron chi connectivity index (χ2n) is 10.6. The molecule has 0 aromatic carbocycles. The van der Waals surface area contributed by atoms with E-state index in [0.29, 0.717) is 30.1 Å². The Morgan fingerprint density at radius 3 is 2.66 bits per heavy atom. The first kappa shape index (κ1) is 22.6. The molecule has 0 unspecified atom stereocenters. The fourth-order valence-electron chi connectivity index (χ4n) is 6.31. The molecule has 0 aromatic heterocycles. The summed E-state index contributed by atoms with van der Waals surface area (Å²) in [4.78, 5) is 0. The largest absolute Gasteiger partial charge is 0.393 e. The monoisotopic (exact) mass is 398 g/mol. The van der Waals surface area contributed by atoms with Crippen LogP contribution >= 0.6 is 0 Å². The highest BCUT2D eigenvalue weighted by Crippen LogP contribution is 2.59. The third kappa shape index (κ3) is 4.97. The molecule has 0 heterocycles. The van der Waals surface area contributed by atoms with Crippen LogP contribution in [0, 0.1) is 29.1 Å². The Balaban J connectivity index is 1.75. The van der Waals surface area contributed by atoms with Gasteiger partial charge < -0.3 is 10.2 Å². The SMILES string of the molecule is C=C1/C(=C\C=C2/CCC[C@]3(C)[C@@H]([C@H](C)/C=C/CC(C)C)CC[C@@H]23)C[C@@H](O)C[C@H]1O. The van der Waals surface area contributed by atoms with Gasteiger partial charge in [-0.15, -0.1) is 0 Å². The summed E-state index contributed by atoms with van der Waals surface area (Å²) in [5, 5.41) is 20.1. The van der Waals surface area contributed by atoms with E-state index >= 15 is 0 Å². The lowest BCUT2D eigenvalue weighted by Crippen LogP contribution is -2.35. The van der Waals surface area contributed by atoms with Crippen LogP contribution in [0.25, 0.3) is 0 Å². The van der Waals surface area contributed by atoms with Gasteiger partial charge in [0.05, 0.1) is 12.2 Å². The van der Waals surface area contributed by atoms with Crippen molar-refractivity contribution in [3.8, 4) is 0 Å². The molecule has 0 saturated heterocycles. The van der Waals surface area contributed by atoms with Crippen molar-refractivity contribution in [1.82, 2.24) is 0 Å². The predicted molar refractivity (Wildman–Crippen MR) is 122 cm³/mol. The van der Waals surface area contributed by atoms with Crippen molar-refractivity contribution in [1.29, 1.82) is 0 Å². The van der Waals surface area contributed by atoms with Gasteiger partial charge in [0.15, 0.2) is 0 Å². The minimum atomic E-state index is -0.602. The Morgan fingerprint density at radius 1 is 1.17 bits per heavy atom. The summed E-state index contributed by atoms with van der Waals surface area (Å²) in [5.74, 6) is 2.81. The first-order valence-corrected chi connectivity index (χ1v) is 11.8. The lowest BCUT2D eigenvalue weighted by molar-refractivity contribution is 0.0862. The van der Waals surface area contributed by atoms with E-state index < -0.39 is 12.2 Å². The van der Waals surface area contributed by atoms with E-state index in [-0.39, 0.29) is 0 Å². The Kier molecular flexibility index (Phi) is 7.27. The first-order chi connectivity index (χ1) is 13.7. The zero-order valence-corrected chi connectivity index (χ0v) is 19.0. The summed E-state index contributed by atoms with van der Waals surface area (Å²) in [6.45, 7) is 13.6. The van der Waals surface area contributed by atoms with E-state index in [0.717, 1.165) is 23.0 Å². The van der Waals surface area contributed by atoms with Crippen molar-refractivity contribution in [3.05, 3.63) is 47.6 Å². The first-order valence-electron chi connectivity index (χ1n) is 11.8. The quantitative estimate of drug-likeness (QED) is 0.529. The van der Waals surface area contributed by atoms with E-state index in [1.165, 1.54) is 38.5 Å². The molecule has 2 N–H and O–H groups in total. The van der Waals surface area contributed by atoms with Crippen molar-refractivity contribution >= 4 is 0 Å². The highest BCUT2D eigenvalue weighted by atomic mass is 16.3. The third-order valence-electron chi connectivity index (χ3n) is 7.98. The lowest BCUT2D eigenvalue weighted by atomic mass is 9.61. The van der Waals surface area contributed by atoms with Gasteiger partial charge >= 0.3 is 0 Å². The molecule has 0 aromatic rings. The maximum Gasteiger partial charge on any atom is 0.0811 e. The molecule has 0 amide bonds. The summed E-state index contributed by atoms with van der Waals surface area (Å²) in [5.41, 5.74) is 3.79. The van der Waals surface area contributed by atoms with Gasteiger partial charge in [-0.3, -0.25) is 0 Å². The van der Waals surface area contributed by atoms with Crippen LogP contribution < -0.4 is 0 Å². The summed E-state index contributed by atoms with van der Waals surface area (Å²) < 4.78 is 0. The van der Waals surface area contributed by atoms with Gasteiger partial charge in [0.1, 0.15) is 0 Å². The van der Waals surface area contributed by atoms with Gasteiger partial charge in [0, 0.05) is 6.42 Å². The van der Waals surface area contributed by atoms with Gasteiger partial charge in [0.2, 0.25) is 0 Å². The van der Waals surface area contributed by atoms with Gasteiger partial charge in [-0.25, -0.2) is 0 Å². The van der Waals surface area contributed by atoms with Crippen LogP contribution in [0.4, 0.5) is 0 Å². The number of fused-ring (bicyclic) bond motifs is 1. The van der Waals surface area contributed by atoms with Crippen molar-refractivity contribution < 1.29 is 10.2 Å². The third-order valence-corrected chi connectivity index (χ3v) is 7.98. The number of aliphatic hydroxyl groups is 2. The van der Waals surface area contributed by atoms with E-state index in [1.807, 2.05) is 0 Å². The molecule has 29 heavy (non-hydrogen) atoms. The van der Waals surface area contributed by atoms with Crippen molar-refractivity contribution in [3.63, 3.8) is 0 Å². The molecular weight excluding hydrogens is 356 g/mol. The van der Waals surface area contributed by atoms with Crippen molar-refractivity contribution in [2.24, 2.45) is 29.1 Å². The fourth-order valence-corrected chi connectivity index (χ4v) is 6.31. The molecule has 3 aliphatic rings. The standard InChI is InChI=1S/C27H42O2/c1-18(2)8-6-9-19(3)24-13-14-25-21(10-7-15-27(24,25)5)11-12-22-16-23(28)17-26(29)20(22)4/h6,9,11-12,18-19,23-26,28-29H,4,7-8,10,13-17H2,1-3,5H3/b9-6+,21-11+,22-12-/t19-,23-,24-,25+,26-,27-/m1/s1. The molecule has 162 valence electrons. The molecule has 3 fully saturated rings. The molecule has 0 bridgehead atoms. The summed E-state index contributed by atoms with van der Waals surface area (Å²) in [7, 11) is 0. The average Bonchev–Trinajstić information content (AvgIpc) is 3.00. The van der Waals surface area contributed by atoms with Gasteiger partial charge in [-0.2, -0.15) is 0 Å². The number of aliphatic hydroxyl groups excluding tert-OH is 2. The fraction of sp³-hybridized carbons (Fsp3) is 0.704. The van der Waals surface area contributed by atoms with Crippen LogP contribution in [-0.2, 0) is 0 Å². The highest BCUT2D eigenvalue weighted by Gasteiger charge is 2.50. The van der Waals surface area contributed by atoms with Gasteiger partial charge in [0.25, 0.3) is 0 Å². The van der Waals surface area contributed by atoms with E-state index in [4.69, 9.17) is 0 Å². The van der Waals surface area contributed by atoms with Crippen LogP contribution in [0.2, 0.25) is 0 Å². The Morgan fingerprint density at radius 2 is 1.93 bits per heavy atom. The molecule has 0 spiro atoms. The molecule has 3 rings (SSSR count). The predicted octanol–water partition coefficient (Wildman–Crippen LogP) is 6.37. The van der Waals surface area contributed by atoms with Crippen LogP contribution in [0.15, 0.2) is 47.6 Å². The lowest BCUT2D eigenvalue weighted by Gasteiger charge is -2.44. The zero-order chi connectivity index (χ0) is 21.2. The summed E-state index contributed by atoms with van der Waals surface area (Å²) in [6, 6.07) is 0. The van der Waals surface area contributed by atoms with Crippen LogP contribution in [0.5, 0.6) is 0 Å². The van der Waals surface area contributed by atoms with Crippen LogP contribution in [0.1, 0.15) is 79.1 Å². The second-order valence-corrected chi connectivity index (χ2v) is 10.6. The topological polar surface area (TPSA) is 40.5 Å². The summed E-state index contributed by atoms with van der Waals surface area (Å²) >= 11 is 0. The number of hydrogen-bond acceptors (Lipinski definition) is 2. The van der Waals surface area contributed by atoms with E-state index in [1.54, 1.807) is 5.57 Å². The van der Waals surface area contributed by atoms with Gasteiger partial charge in [-0.05, 0) is 85.2 Å². The maximum atomic E-state index is 10.1. The highest BCUT2D eigenvalue weighted by molar-refractivity contribution is 5.38. The average molecular weight is 399 g/mol. The molecule has 3 aliphatic carbocycles. The normalized spacial score (nSPS) is 39.6. The molecule has 2 heteroatoms. The Hall–Kier alpha value is -1.12. The summed E-state index contributed by atoms with van der Waals surface area (Å²) in [6.07, 6.45) is 16.9. The molecule has 0 radical (unpaired) electrons. The molecule has 2 nitrogen and oxygen atoms in total. The van der Waals surface area contributed by atoms with Crippen molar-refractivity contribution in [2.75, 3.05) is 0 Å². The molecule has 0 aliphatic heterocycles. The minimum Gasteiger partial charge on any atom is -0.393 e. The number of allylic oxidation sites excluding steroid dienone is 5. The maximum absolute atomic E-state index is 10.1.